The number of hydrogen-bond acceptors (Lipinski definition) is 2. The van der Waals surface area contributed by atoms with Gasteiger partial charge in [0, 0.05) is 30.8 Å². The summed E-state index contributed by atoms with van der Waals surface area (Å²) < 4.78 is 0. The Morgan fingerprint density at radius 3 is 2.32 bits per heavy atom. The largest absolute Gasteiger partial charge is 0.333 e. The molecule has 4 heteroatoms. The molecule has 1 aliphatic rings. The minimum Gasteiger partial charge on any atom is -0.333 e. The van der Waals surface area contributed by atoms with Crippen molar-refractivity contribution in [3.05, 3.63) is 66.4 Å². The van der Waals surface area contributed by atoms with Gasteiger partial charge in [-0.3, -0.25) is 9.59 Å². The zero-order valence-electron chi connectivity index (χ0n) is 16.8. The van der Waals surface area contributed by atoms with E-state index in [2.05, 4.69) is 29.6 Å². The van der Waals surface area contributed by atoms with Gasteiger partial charge in [-0.2, -0.15) is 0 Å². The third-order valence-electron chi connectivity index (χ3n) is 5.31. The number of rotatable bonds is 5. The van der Waals surface area contributed by atoms with E-state index in [-0.39, 0.29) is 23.7 Å². The normalized spacial score (nSPS) is 17.7. The maximum absolute atomic E-state index is 12.9. The van der Waals surface area contributed by atoms with Crippen LogP contribution < -0.4 is 10.2 Å². The van der Waals surface area contributed by atoms with Crippen LogP contribution in [0.5, 0.6) is 0 Å². The molecule has 0 aliphatic heterocycles. The van der Waals surface area contributed by atoms with Crippen LogP contribution in [0.2, 0.25) is 0 Å². The van der Waals surface area contributed by atoms with Gasteiger partial charge in [-0.05, 0) is 42.5 Å². The number of benzene rings is 2. The van der Waals surface area contributed by atoms with Crippen LogP contribution in [0.1, 0.15) is 33.1 Å². The van der Waals surface area contributed by atoms with Gasteiger partial charge < -0.3 is 10.2 Å². The summed E-state index contributed by atoms with van der Waals surface area (Å²) in [5.41, 5.74) is 4.34. The molecule has 3 rings (SSSR count). The second kappa shape index (κ2) is 8.87. The first kappa shape index (κ1) is 19.9. The number of amides is 2. The number of carbonyl (C=O) groups is 2. The van der Waals surface area contributed by atoms with E-state index < -0.39 is 0 Å². The highest BCUT2D eigenvalue weighted by atomic mass is 16.2. The topological polar surface area (TPSA) is 49.4 Å². The molecule has 0 bridgehead atoms. The zero-order chi connectivity index (χ0) is 20.1. The fourth-order valence-electron chi connectivity index (χ4n) is 3.47. The van der Waals surface area contributed by atoms with Crippen LogP contribution in [0, 0.1) is 11.8 Å². The molecule has 2 aromatic carbocycles. The van der Waals surface area contributed by atoms with Gasteiger partial charge in [-0.1, -0.05) is 61.9 Å². The van der Waals surface area contributed by atoms with E-state index in [1.165, 1.54) is 0 Å². The van der Waals surface area contributed by atoms with Crippen molar-refractivity contribution in [3.8, 4) is 11.1 Å². The highest BCUT2D eigenvalue weighted by Gasteiger charge is 2.29. The summed E-state index contributed by atoms with van der Waals surface area (Å²) in [6.45, 7) is 3.74. The number of nitrogens with zero attached hydrogens (tertiary/aromatic N) is 1. The van der Waals surface area contributed by atoms with Crippen molar-refractivity contribution in [1.29, 1.82) is 0 Å². The molecule has 1 saturated carbocycles. The highest BCUT2D eigenvalue weighted by Crippen LogP contribution is 2.32. The Balaban J connectivity index is 1.62. The first-order valence-electron chi connectivity index (χ1n) is 9.87. The van der Waals surface area contributed by atoms with Gasteiger partial charge in [0.2, 0.25) is 11.8 Å². The maximum Gasteiger partial charge on any atom is 0.230 e. The SMILES string of the molecule is CC(C)C(=O)N/C=C1\CCC(C(=O)N(C)c2ccc(-c3ccccc3)cc2)C1. The van der Waals surface area contributed by atoms with Gasteiger partial charge in [0.25, 0.3) is 0 Å². The van der Waals surface area contributed by atoms with E-state index in [0.717, 1.165) is 35.2 Å². The molecular weight excluding hydrogens is 348 g/mol. The van der Waals surface area contributed by atoms with Crippen molar-refractivity contribution in [1.82, 2.24) is 5.32 Å². The molecule has 4 nitrogen and oxygen atoms in total. The monoisotopic (exact) mass is 376 g/mol. The minimum absolute atomic E-state index is 0.0119. The summed E-state index contributed by atoms with van der Waals surface area (Å²) in [6.07, 6.45) is 4.19. The Bertz CT molecular complexity index is 854. The van der Waals surface area contributed by atoms with Crippen LogP contribution in [-0.2, 0) is 9.59 Å². The van der Waals surface area contributed by atoms with Crippen molar-refractivity contribution >= 4 is 17.5 Å². The molecule has 0 aromatic heterocycles. The van der Waals surface area contributed by atoms with E-state index in [9.17, 15) is 9.59 Å². The smallest absolute Gasteiger partial charge is 0.230 e. The molecule has 0 saturated heterocycles. The zero-order valence-corrected chi connectivity index (χ0v) is 16.8. The molecule has 1 fully saturated rings. The summed E-state index contributed by atoms with van der Waals surface area (Å²) in [4.78, 5) is 26.4. The summed E-state index contributed by atoms with van der Waals surface area (Å²) in [5, 5.41) is 2.84. The average Bonchev–Trinajstić information content (AvgIpc) is 3.20. The molecule has 28 heavy (non-hydrogen) atoms. The second-order valence-corrected chi connectivity index (χ2v) is 7.72. The summed E-state index contributed by atoms with van der Waals surface area (Å²) in [7, 11) is 1.84. The summed E-state index contributed by atoms with van der Waals surface area (Å²) in [5.74, 6) is 0.0747. The molecule has 0 heterocycles. The van der Waals surface area contributed by atoms with Crippen molar-refractivity contribution < 1.29 is 9.59 Å². The Kier molecular flexibility index (Phi) is 6.30. The predicted molar refractivity (Wildman–Crippen MR) is 114 cm³/mol. The van der Waals surface area contributed by atoms with Gasteiger partial charge >= 0.3 is 0 Å². The molecule has 1 atom stereocenters. The number of hydrogen-bond donors (Lipinski definition) is 1. The highest BCUT2D eigenvalue weighted by molar-refractivity contribution is 5.95. The van der Waals surface area contributed by atoms with Crippen LogP contribution in [-0.4, -0.2) is 18.9 Å². The van der Waals surface area contributed by atoms with Crippen molar-refractivity contribution in [3.63, 3.8) is 0 Å². The van der Waals surface area contributed by atoms with E-state index >= 15 is 0 Å². The molecule has 1 aliphatic carbocycles. The fraction of sp³-hybridized carbons (Fsp3) is 0.333. The van der Waals surface area contributed by atoms with Gasteiger partial charge in [0.05, 0.1) is 0 Å². The lowest BCUT2D eigenvalue weighted by Gasteiger charge is -2.21. The molecule has 0 radical (unpaired) electrons. The lowest BCUT2D eigenvalue weighted by molar-refractivity contribution is -0.123. The molecule has 146 valence electrons. The lowest BCUT2D eigenvalue weighted by Crippen LogP contribution is -2.31. The first-order chi connectivity index (χ1) is 13.5. The van der Waals surface area contributed by atoms with Crippen molar-refractivity contribution in [2.24, 2.45) is 11.8 Å². The summed E-state index contributed by atoms with van der Waals surface area (Å²) in [6, 6.07) is 18.3. The van der Waals surface area contributed by atoms with E-state index in [1.54, 1.807) is 11.1 Å². The maximum atomic E-state index is 12.9. The molecule has 2 aromatic rings. The van der Waals surface area contributed by atoms with Gasteiger partial charge in [-0.15, -0.1) is 0 Å². The number of carbonyl (C=O) groups excluding carboxylic acids is 2. The second-order valence-electron chi connectivity index (χ2n) is 7.72. The standard InChI is InChI=1S/C24H28N2O2/c1-17(2)23(27)25-16-18-9-10-21(15-18)24(28)26(3)22-13-11-20(12-14-22)19-7-5-4-6-8-19/h4-8,11-14,16-17,21H,9-10,15H2,1-3H3,(H,25,27)/b18-16+. The van der Waals surface area contributed by atoms with Crippen LogP contribution in [0.4, 0.5) is 5.69 Å². The quantitative estimate of drug-likeness (QED) is 0.817. The van der Waals surface area contributed by atoms with Gasteiger partial charge in [0.1, 0.15) is 0 Å². The predicted octanol–water partition coefficient (Wildman–Crippen LogP) is 4.77. The molecular formula is C24H28N2O2. The van der Waals surface area contributed by atoms with Gasteiger partial charge in [-0.25, -0.2) is 0 Å². The van der Waals surface area contributed by atoms with Crippen LogP contribution in [0.15, 0.2) is 66.4 Å². The minimum atomic E-state index is -0.0410. The van der Waals surface area contributed by atoms with Crippen LogP contribution >= 0.6 is 0 Å². The number of anilines is 1. The Labute approximate surface area is 167 Å². The van der Waals surface area contributed by atoms with E-state index in [4.69, 9.17) is 0 Å². The lowest BCUT2D eigenvalue weighted by atomic mass is 10.0. The Morgan fingerprint density at radius 1 is 1.04 bits per heavy atom. The first-order valence-corrected chi connectivity index (χ1v) is 9.87. The average molecular weight is 377 g/mol. The van der Waals surface area contributed by atoms with Crippen LogP contribution in [0.3, 0.4) is 0 Å². The van der Waals surface area contributed by atoms with Crippen molar-refractivity contribution in [2.45, 2.75) is 33.1 Å². The third-order valence-corrected chi connectivity index (χ3v) is 5.31. The fourth-order valence-corrected chi connectivity index (χ4v) is 3.47. The summed E-state index contributed by atoms with van der Waals surface area (Å²) >= 11 is 0. The van der Waals surface area contributed by atoms with Gasteiger partial charge in [0.15, 0.2) is 0 Å². The number of allylic oxidation sites excluding steroid dienone is 1. The van der Waals surface area contributed by atoms with Crippen LogP contribution in [0.25, 0.3) is 11.1 Å². The van der Waals surface area contributed by atoms with E-state index in [0.29, 0.717) is 6.42 Å². The third kappa shape index (κ3) is 4.69. The van der Waals surface area contributed by atoms with E-state index in [1.807, 2.05) is 51.2 Å². The Hall–Kier alpha value is -2.88. The number of nitrogens with one attached hydrogen (secondary N) is 1. The van der Waals surface area contributed by atoms with Crippen molar-refractivity contribution in [2.75, 3.05) is 11.9 Å². The molecule has 1 N–H and O–H groups in total. The molecule has 1 unspecified atom stereocenters. The molecule has 0 spiro atoms. The Morgan fingerprint density at radius 2 is 1.68 bits per heavy atom. The molecule has 2 amide bonds.